The standard InChI is InChI=1S/2C14H11Br2ClN2/c15-9-3-8-2-1-7-4-11(17)14(18)13(16)10(7)5-12(8)19-6-9;15-8-3-7-1-2-9-10(4-13(7)19-6-8)11(16)5-12(17)14(9)18/h3-4,6H,1-2,5,18H2;3,5-6H,1-2,4,18H2. The molecule has 4 aromatic rings. The molecule has 2 aliphatic rings. The number of hydrogen-bond donors (Lipinski definition) is 2. The fraction of sp³-hybridized carbons (Fsp3) is 0.214. The van der Waals surface area contributed by atoms with Crippen LogP contribution in [-0.4, -0.2) is 9.97 Å². The monoisotopic (exact) mass is 800 g/mol. The molecule has 0 unspecified atom stereocenters. The molecule has 0 fully saturated rings. The van der Waals surface area contributed by atoms with Crippen LogP contribution in [0, 0.1) is 0 Å². The third-order valence-electron chi connectivity index (χ3n) is 6.99. The largest absolute Gasteiger partial charge is 0.397 e. The van der Waals surface area contributed by atoms with Crippen LogP contribution in [-0.2, 0) is 38.5 Å². The van der Waals surface area contributed by atoms with E-state index < -0.39 is 0 Å². The van der Waals surface area contributed by atoms with Gasteiger partial charge < -0.3 is 11.5 Å². The molecule has 4 N–H and O–H groups in total. The smallest absolute Gasteiger partial charge is 0.0651 e. The molecule has 6 rings (SSSR count). The maximum atomic E-state index is 6.16. The predicted molar refractivity (Wildman–Crippen MR) is 171 cm³/mol. The van der Waals surface area contributed by atoms with Crippen molar-refractivity contribution < 1.29 is 0 Å². The molecule has 0 radical (unpaired) electrons. The van der Waals surface area contributed by atoms with E-state index in [9.17, 15) is 0 Å². The lowest BCUT2D eigenvalue weighted by Crippen LogP contribution is -2.01. The summed E-state index contributed by atoms with van der Waals surface area (Å²) in [5, 5.41) is 1.23. The molecular weight excluding hydrogens is 783 g/mol. The molecule has 2 aliphatic carbocycles. The lowest BCUT2D eigenvalue weighted by Gasteiger charge is -2.13. The Kier molecular flexibility index (Phi) is 8.77. The topological polar surface area (TPSA) is 77.8 Å². The number of benzene rings is 2. The first kappa shape index (κ1) is 28.4. The lowest BCUT2D eigenvalue weighted by molar-refractivity contribution is 0.949. The average Bonchev–Trinajstić information content (AvgIpc) is 3.19. The lowest BCUT2D eigenvalue weighted by atomic mass is 10.0. The number of nitrogens with two attached hydrogens (primary N) is 2. The fourth-order valence-corrected chi connectivity index (χ4v) is 7.65. The van der Waals surface area contributed by atoms with Crippen molar-refractivity contribution in [1.82, 2.24) is 9.97 Å². The van der Waals surface area contributed by atoms with Crippen LogP contribution >= 0.6 is 86.9 Å². The van der Waals surface area contributed by atoms with Gasteiger partial charge in [0.05, 0.1) is 21.4 Å². The van der Waals surface area contributed by atoms with Crippen LogP contribution in [0.15, 0.2) is 54.6 Å². The Morgan fingerprint density at radius 1 is 0.605 bits per heavy atom. The van der Waals surface area contributed by atoms with Gasteiger partial charge in [-0.05, 0) is 131 Å². The van der Waals surface area contributed by atoms with Crippen LogP contribution in [0.25, 0.3) is 0 Å². The summed E-state index contributed by atoms with van der Waals surface area (Å²) < 4.78 is 3.96. The first-order chi connectivity index (χ1) is 18.1. The molecule has 0 spiro atoms. The number of halogens is 6. The van der Waals surface area contributed by atoms with Crippen LogP contribution in [0.5, 0.6) is 0 Å². The molecule has 0 saturated heterocycles. The number of rotatable bonds is 0. The molecule has 0 saturated carbocycles. The SMILES string of the molecule is Nc1c(Cl)cc(Br)c2c1CCc1cc(Br)cnc1C2.Nc1c(Cl)cc2c(c1Br)Cc1ncc(Br)cc1CC2. The number of anilines is 2. The van der Waals surface area contributed by atoms with Crippen LogP contribution in [0.3, 0.4) is 0 Å². The molecular formula is C28H22Br4Cl2N4. The van der Waals surface area contributed by atoms with E-state index in [1.54, 1.807) is 0 Å². The van der Waals surface area contributed by atoms with Gasteiger partial charge in [0.2, 0.25) is 0 Å². The molecule has 38 heavy (non-hydrogen) atoms. The summed E-state index contributed by atoms with van der Waals surface area (Å²) >= 11 is 26.4. The van der Waals surface area contributed by atoms with Crippen molar-refractivity contribution >= 4 is 98.3 Å². The summed E-state index contributed by atoms with van der Waals surface area (Å²) in [5.74, 6) is 0. The van der Waals surface area contributed by atoms with Gasteiger partial charge >= 0.3 is 0 Å². The summed E-state index contributed by atoms with van der Waals surface area (Å²) in [4.78, 5) is 9.06. The molecule has 4 nitrogen and oxygen atoms in total. The Bertz CT molecular complexity index is 1560. The maximum absolute atomic E-state index is 6.16. The second-order valence-electron chi connectivity index (χ2n) is 9.31. The highest BCUT2D eigenvalue weighted by Gasteiger charge is 2.21. The van der Waals surface area contributed by atoms with Gasteiger partial charge in [-0.15, -0.1) is 0 Å². The number of nitrogen functional groups attached to an aromatic ring is 2. The third-order valence-corrected chi connectivity index (χ3v) is 10.1. The van der Waals surface area contributed by atoms with E-state index in [4.69, 9.17) is 34.7 Å². The van der Waals surface area contributed by atoms with Crippen molar-refractivity contribution in [1.29, 1.82) is 0 Å². The highest BCUT2D eigenvalue weighted by molar-refractivity contribution is 9.11. The minimum absolute atomic E-state index is 0.612. The molecule has 2 aromatic heterocycles. The highest BCUT2D eigenvalue weighted by Crippen LogP contribution is 2.38. The first-order valence-electron chi connectivity index (χ1n) is 11.9. The van der Waals surface area contributed by atoms with E-state index in [-0.39, 0.29) is 0 Å². The van der Waals surface area contributed by atoms with Crippen molar-refractivity contribution in [2.45, 2.75) is 38.5 Å². The van der Waals surface area contributed by atoms with Crippen molar-refractivity contribution in [2.75, 3.05) is 11.5 Å². The quantitative estimate of drug-likeness (QED) is 0.174. The molecule has 0 atom stereocenters. The number of fused-ring (bicyclic) bond motifs is 4. The molecule has 0 bridgehead atoms. The zero-order chi connectivity index (χ0) is 27.1. The maximum Gasteiger partial charge on any atom is 0.0651 e. The van der Waals surface area contributed by atoms with E-state index in [1.165, 1.54) is 27.8 Å². The second-order valence-corrected chi connectivity index (χ2v) is 13.6. The van der Waals surface area contributed by atoms with Gasteiger partial charge in [-0.25, -0.2) is 0 Å². The van der Waals surface area contributed by atoms with Crippen LogP contribution in [0.2, 0.25) is 10.0 Å². The number of hydrogen-bond acceptors (Lipinski definition) is 4. The zero-order valence-corrected chi connectivity index (χ0v) is 27.9. The van der Waals surface area contributed by atoms with Gasteiger partial charge in [0, 0.05) is 54.5 Å². The van der Waals surface area contributed by atoms with Crippen molar-refractivity contribution in [3.05, 3.63) is 109 Å². The first-order valence-corrected chi connectivity index (χ1v) is 15.8. The molecule has 196 valence electrons. The minimum Gasteiger partial charge on any atom is -0.397 e. The summed E-state index contributed by atoms with van der Waals surface area (Å²) in [6, 6.07) is 8.14. The van der Waals surface area contributed by atoms with Crippen molar-refractivity contribution in [3.63, 3.8) is 0 Å². The second kappa shape index (κ2) is 11.8. The minimum atomic E-state index is 0.612. The van der Waals surface area contributed by atoms with Gasteiger partial charge in [0.25, 0.3) is 0 Å². The number of aryl methyl sites for hydroxylation is 3. The van der Waals surface area contributed by atoms with Gasteiger partial charge in [0.15, 0.2) is 0 Å². The summed E-state index contributed by atoms with van der Waals surface area (Å²) in [6.07, 6.45) is 9.03. The number of aromatic nitrogens is 2. The molecule has 2 aromatic carbocycles. The van der Waals surface area contributed by atoms with Gasteiger partial charge in [-0.2, -0.15) is 0 Å². The van der Waals surface area contributed by atoms with Gasteiger partial charge in [0.1, 0.15) is 0 Å². The van der Waals surface area contributed by atoms with Crippen LogP contribution in [0.1, 0.15) is 44.8 Å². The summed E-state index contributed by atoms with van der Waals surface area (Å²) in [5.41, 5.74) is 23.0. The zero-order valence-electron chi connectivity index (χ0n) is 20.0. The van der Waals surface area contributed by atoms with E-state index >= 15 is 0 Å². The molecule has 10 heteroatoms. The van der Waals surface area contributed by atoms with E-state index in [2.05, 4.69) is 85.8 Å². The van der Waals surface area contributed by atoms with Gasteiger partial charge in [-0.3, -0.25) is 9.97 Å². The molecule has 2 heterocycles. The average molecular weight is 805 g/mol. The molecule has 0 aliphatic heterocycles. The Morgan fingerprint density at radius 2 is 1.13 bits per heavy atom. The molecule has 0 amide bonds. The fourth-order valence-electron chi connectivity index (χ4n) is 4.98. The van der Waals surface area contributed by atoms with Crippen molar-refractivity contribution in [2.24, 2.45) is 0 Å². The number of nitrogens with zero attached hydrogens (tertiary/aromatic N) is 2. The Balaban J connectivity index is 0.000000155. The summed E-state index contributed by atoms with van der Waals surface area (Å²) in [7, 11) is 0. The third kappa shape index (κ3) is 5.81. The van der Waals surface area contributed by atoms with Crippen LogP contribution in [0.4, 0.5) is 11.4 Å². The Hall–Kier alpha value is -1.16. The highest BCUT2D eigenvalue weighted by atomic mass is 79.9. The van der Waals surface area contributed by atoms with E-state index in [0.29, 0.717) is 21.4 Å². The van der Waals surface area contributed by atoms with Crippen LogP contribution < -0.4 is 11.5 Å². The number of pyridine rings is 2. The van der Waals surface area contributed by atoms with Crippen molar-refractivity contribution in [3.8, 4) is 0 Å². The Labute approximate surface area is 265 Å². The van der Waals surface area contributed by atoms with E-state index in [0.717, 1.165) is 73.4 Å². The predicted octanol–water partition coefficient (Wildman–Crippen LogP) is 9.06. The van der Waals surface area contributed by atoms with E-state index in [1.807, 2.05) is 24.5 Å². The van der Waals surface area contributed by atoms with Gasteiger partial charge in [-0.1, -0.05) is 39.1 Å². The normalized spacial score (nSPS) is 13.6. The summed E-state index contributed by atoms with van der Waals surface area (Å²) in [6.45, 7) is 0. The Morgan fingerprint density at radius 3 is 1.76 bits per heavy atom.